The lowest BCUT2D eigenvalue weighted by Crippen LogP contribution is -2.44. The van der Waals surface area contributed by atoms with E-state index in [4.69, 9.17) is 5.73 Å². The summed E-state index contributed by atoms with van der Waals surface area (Å²) in [6, 6.07) is 11.8. The van der Waals surface area contributed by atoms with Gasteiger partial charge in [0.1, 0.15) is 17.4 Å². The normalized spacial score (nSPS) is 14.7. The number of nitrogens with two attached hydrogens (primary N) is 1. The highest BCUT2D eigenvalue weighted by Gasteiger charge is 2.18. The number of phenols is 1. The number of hydrogen-bond acceptors (Lipinski definition) is 7. The molecule has 30 heavy (non-hydrogen) atoms. The molecular weight excluding hydrogens is 383 g/mol. The molecule has 7 nitrogen and oxygen atoms in total. The summed E-state index contributed by atoms with van der Waals surface area (Å²) >= 11 is 0. The third kappa shape index (κ3) is 4.28. The number of nitrogens with zero attached hydrogens (tertiary/aromatic N) is 4. The smallest absolute Gasteiger partial charge is 0.222 e. The lowest BCUT2D eigenvalue weighted by Gasteiger charge is -2.33. The zero-order valence-corrected chi connectivity index (χ0v) is 17.1. The van der Waals surface area contributed by atoms with E-state index >= 15 is 0 Å². The van der Waals surface area contributed by atoms with Gasteiger partial charge in [-0.2, -0.15) is 4.98 Å². The van der Waals surface area contributed by atoms with Crippen molar-refractivity contribution in [2.24, 2.45) is 0 Å². The summed E-state index contributed by atoms with van der Waals surface area (Å²) in [5.74, 6) is 0.595. The summed E-state index contributed by atoms with van der Waals surface area (Å²) < 4.78 is 14.2. The van der Waals surface area contributed by atoms with E-state index in [2.05, 4.69) is 32.1 Å². The first-order chi connectivity index (χ1) is 14.4. The Morgan fingerprint density at radius 3 is 2.53 bits per heavy atom. The number of nitrogen functional groups attached to an aromatic ring is 1. The van der Waals surface area contributed by atoms with E-state index < -0.39 is 0 Å². The summed E-state index contributed by atoms with van der Waals surface area (Å²) in [7, 11) is 2.09. The van der Waals surface area contributed by atoms with Gasteiger partial charge >= 0.3 is 0 Å². The van der Waals surface area contributed by atoms with Crippen molar-refractivity contribution in [3.05, 3.63) is 53.8 Å². The van der Waals surface area contributed by atoms with Gasteiger partial charge in [-0.05, 0) is 49.9 Å². The largest absolute Gasteiger partial charge is 0.507 e. The van der Waals surface area contributed by atoms with Crippen LogP contribution in [0.4, 0.5) is 27.5 Å². The minimum absolute atomic E-state index is 0.0624. The van der Waals surface area contributed by atoms with E-state index in [1.165, 1.54) is 6.07 Å². The average Bonchev–Trinajstić information content (AvgIpc) is 2.71. The van der Waals surface area contributed by atoms with E-state index in [1.54, 1.807) is 24.3 Å². The third-order valence-electron chi connectivity index (χ3n) is 5.23. The van der Waals surface area contributed by atoms with Crippen LogP contribution in [0, 0.1) is 12.7 Å². The minimum atomic E-state index is -0.340. The van der Waals surface area contributed by atoms with Crippen LogP contribution < -0.4 is 16.0 Å². The van der Waals surface area contributed by atoms with Crippen molar-refractivity contribution in [1.29, 1.82) is 0 Å². The van der Waals surface area contributed by atoms with Crippen molar-refractivity contribution in [2.75, 3.05) is 49.2 Å². The molecule has 3 aromatic rings. The Hall–Kier alpha value is -3.39. The maximum absolute atomic E-state index is 14.2. The first kappa shape index (κ1) is 19.9. The van der Waals surface area contributed by atoms with Crippen molar-refractivity contribution < 1.29 is 9.50 Å². The van der Waals surface area contributed by atoms with Crippen LogP contribution in [0.3, 0.4) is 0 Å². The molecule has 0 unspecified atom stereocenters. The number of hydrogen-bond donors (Lipinski definition) is 3. The molecule has 2 heterocycles. The number of halogens is 1. The molecule has 0 aliphatic carbocycles. The number of nitrogens with one attached hydrogen (secondary N) is 1. The number of anilines is 4. The molecule has 0 radical (unpaired) electrons. The first-order valence-corrected chi connectivity index (χ1v) is 9.83. The molecule has 8 heteroatoms. The maximum Gasteiger partial charge on any atom is 0.222 e. The van der Waals surface area contributed by atoms with Crippen LogP contribution >= 0.6 is 0 Å². The van der Waals surface area contributed by atoms with Crippen molar-refractivity contribution in [1.82, 2.24) is 14.9 Å². The van der Waals surface area contributed by atoms with Crippen molar-refractivity contribution in [3.63, 3.8) is 0 Å². The summed E-state index contributed by atoms with van der Waals surface area (Å²) in [5, 5.41) is 13.5. The lowest BCUT2D eigenvalue weighted by atomic mass is 10.1. The highest BCUT2D eigenvalue weighted by Crippen LogP contribution is 2.34. The van der Waals surface area contributed by atoms with Gasteiger partial charge in [0.15, 0.2) is 0 Å². The Kier molecular flexibility index (Phi) is 5.41. The number of rotatable bonds is 4. The fourth-order valence-electron chi connectivity index (χ4n) is 3.48. The molecule has 0 amide bonds. The second-order valence-electron chi connectivity index (χ2n) is 7.60. The van der Waals surface area contributed by atoms with Crippen LogP contribution in [0.25, 0.3) is 11.3 Å². The number of aromatic hydroxyl groups is 1. The van der Waals surface area contributed by atoms with E-state index in [9.17, 15) is 9.50 Å². The van der Waals surface area contributed by atoms with Gasteiger partial charge in [0.25, 0.3) is 0 Å². The number of piperazine rings is 1. The van der Waals surface area contributed by atoms with Crippen molar-refractivity contribution >= 4 is 23.1 Å². The van der Waals surface area contributed by atoms with Gasteiger partial charge in [0.2, 0.25) is 5.95 Å². The minimum Gasteiger partial charge on any atom is -0.507 e. The molecule has 0 atom stereocenters. The molecular formula is C22H25FN6O. The summed E-state index contributed by atoms with van der Waals surface area (Å²) in [6.07, 6.45) is 0. The molecule has 4 rings (SSSR count). The molecule has 156 valence electrons. The Labute approximate surface area is 175 Å². The highest BCUT2D eigenvalue weighted by atomic mass is 19.1. The molecule has 4 N–H and O–H groups in total. The summed E-state index contributed by atoms with van der Waals surface area (Å²) in [6.45, 7) is 5.39. The Bertz CT molecular complexity index is 1070. The number of aromatic nitrogens is 2. The van der Waals surface area contributed by atoms with Gasteiger partial charge in [-0.1, -0.05) is 6.07 Å². The predicted molar refractivity (Wildman–Crippen MR) is 118 cm³/mol. The average molecular weight is 408 g/mol. The fourth-order valence-corrected chi connectivity index (χ4v) is 3.48. The molecule has 1 aliphatic rings. The van der Waals surface area contributed by atoms with E-state index in [1.807, 2.05) is 19.1 Å². The molecule has 2 aromatic carbocycles. The van der Waals surface area contributed by atoms with Crippen LogP contribution in [0.5, 0.6) is 5.75 Å². The van der Waals surface area contributed by atoms with Gasteiger partial charge in [-0.25, -0.2) is 9.37 Å². The second-order valence-corrected chi connectivity index (χ2v) is 7.60. The molecule has 1 aromatic heterocycles. The predicted octanol–water partition coefficient (Wildman–Crippen LogP) is 3.37. The number of benzene rings is 2. The van der Waals surface area contributed by atoms with Crippen molar-refractivity contribution in [3.8, 4) is 17.0 Å². The van der Waals surface area contributed by atoms with E-state index in [0.29, 0.717) is 22.6 Å². The maximum atomic E-state index is 14.2. The quantitative estimate of drug-likeness (QED) is 0.570. The van der Waals surface area contributed by atoms with Gasteiger partial charge in [0.05, 0.1) is 11.4 Å². The van der Waals surface area contributed by atoms with Crippen molar-refractivity contribution in [2.45, 2.75) is 6.92 Å². The zero-order valence-electron chi connectivity index (χ0n) is 17.1. The van der Waals surface area contributed by atoms with Gasteiger partial charge < -0.3 is 26.0 Å². The fraction of sp³-hybridized carbons (Fsp3) is 0.273. The first-order valence-electron chi connectivity index (χ1n) is 9.83. The van der Waals surface area contributed by atoms with Crippen LogP contribution in [0.2, 0.25) is 0 Å². The molecule has 1 aliphatic heterocycles. The number of likely N-dealkylation sites (N-methyl/N-ethyl adjacent to an activating group) is 1. The van der Waals surface area contributed by atoms with Gasteiger partial charge in [-0.3, -0.25) is 0 Å². The molecule has 0 spiro atoms. The van der Waals surface area contributed by atoms with Gasteiger partial charge in [-0.15, -0.1) is 0 Å². The molecule has 1 fully saturated rings. The SMILES string of the molecule is Cc1ccc(Nc2ccc(O)c(-c3cc(N4CCN(C)CC4)nc(N)n3)c2)c(F)c1. The highest BCUT2D eigenvalue weighted by molar-refractivity contribution is 5.76. The summed E-state index contributed by atoms with van der Waals surface area (Å²) in [5.41, 5.74) is 8.82. The Balaban J connectivity index is 1.66. The second kappa shape index (κ2) is 8.16. The van der Waals surface area contributed by atoms with Crippen LogP contribution in [-0.4, -0.2) is 53.2 Å². The van der Waals surface area contributed by atoms with Crippen LogP contribution in [-0.2, 0) is 0 Å². The molecule has 0 bridgehead atoms. The Morgan fingerprint density at radius 2 is 1.80 bits per heavy atom. The number of phenolic OH excluding ortho intramolecular Hbond substituents is 1. The monoisotopic (exact) mass is 408 g/mol. The van der Waals surface area contributed by atoms with Crippen LogP contribution in [0.1, 0.15) is 5.56 Å². The third-order valence-corrected chi connectivity index (χ3v) is 5.23. The number of aryl methyl sites for hydroxylation is 1. The standard InChI is InChI=1S/C22H25FN6O/c1-14-3-5-18(17(23)11-14)25-15-4-6-20(30)16(12-15)19-13-21(27-22(24)26-19)29-9-7-28(2)8-10-29/h3-6,11-13,25,30H,7-10H2,1-2H3,(H2,24,26,27). The summed E-state index contributed by atoms with van der Waals surface area (Å²) in [4.78, 5) is 13.1. The Morgan fingerprint density at radius 1 is 1.03 bits per heavy atom. The van der Waals surface area contributed by atoms with Crippen LogP contribution in [0.15, 0.2) is 42.5 Å². The molecule has 0 saturated carbocycles. The zero-order chi connectivity index (χ0) is 21.3. The topological polar surface area (TPSA) is 90.5 Å². The van der Waals surface area contributed by atoms with Gasteiger partial charge in [0, 0.05) is 43.5 Å². The van der Waals surface area contributed by atoms with E-state index in [0.717, 1.165) is 37.6 Å². The van der Waals surface area contributed by atoms with E-state index in [-0.39, 0.29) is 17.5 Å². The lowest BCUT2D eigenvalue weighted by molar-refractivity contribution is 0.312. The molecule has 1 saturated heterocycles.